The maximum Gasteiger partial charge on any atom is 0.305 e. The van der Waals surface area contributed by atoms with Gasteiger partial charge in [-0.3, -0.25) is 10.1 Å². The van der Waals surface area contributed by atoms with E-state index >= 15 is 0 Å². The molecule has 1 aromatic rings. The van der Waals surface area contributed by atoms with E-state index in [0.29, 0.717) is 5.75 Å². The molecule has 16 heavy (non-hydrogen) atoms. The Labute approximate surface area is 91.4 Å². The quantitative estimate of drug-likeness (QED) is 0.626. The Hall–Kier alpha value is -1.69. The number of nitro benzene ring substituents is 1. The van der Waals surface area contributed by atoms with Crippen LogP contribution in [0.15, 0.2) is 18.2 Å². The highest BCUT2D eigenvalue weighted by atomic mass is 19.1. The van der Waals surface area contributed by atoms with Crippen molar-refractivity contribution >= 4 is 5.69 Å². The number of benzene rings is 1. The third-order valence-corrected chi connectivity index (χ3v) is 2.43. The standard InChI is InChI=1S/C10H11FN2O3/c11-9-5-7(1-2-10(9)13(14)15)16-8-3-4-12-6-8/h1-2,5,8,12H,3-4,6H2/t8-/m0/s1. The Kier molecular flexibility index (Phi) is 3.00. The Bertz CT molecular complexity index is 405. The molecule has 0 unspecified atom stereocenters. The molecule has 0 radical (unpaired) electrons. The highest BCUT2D eigenvalue weighted by molar-refractivity contribution is 5.38. The van der Waals surface area contributed by atoms with Crippen LogP contribution in [0.3, 0.4) is 0 Å². The van der Waals surface area contributed by atoms with Crippen LogP contribution in [-0.4, -0.2) is 24.1 Å². The fourth-order valence-electron chi connectivity index (χ4n) is 1.63. The van der Waals surface area contributed by atoms with Crippen LogP contribution in [-0.2, 0) is 0 Å². The lowest BCUT2D eigenvalue weighted by Gasteiger charge is -2.11. The second-order valence-electron chi connectivity index (χ2n) is 3.60. The highest BCUT2D eigenvalue weighted by Gasteiger charge is 2.18. The average molecular weight is 226 g/mol. The number of ether oxygens (including phenoxy) is 1. The van der Waals surface area contributed by atoms with Crippen LogP contribution in [0, 0.1) is 15.9 Å². The van der Waals surface area contributed by atoms with Crippen LogP contribution < -0.4 is 10.1 Å². The summed E-state index contributed by atoms with van der Waals surface area (Å²) in [5, 5.41) is 13.5. The van der Waals surface area contributed by atoms with E-state index in [1.807, 2.05) is 0 Å². The van der Waals surface area contributed by atoms with Gasteiger partial charge >= 0.3 is 5.69 Å². The summed E-state index contributed by atoms with van der Waals surface area (Å²) in [4.78, 5) is 9.64. The van der Waals surface area contributed by atoms with Crippen molar-refractivity contribution in [3.8, 4) is 5.75 Å². The van der Waals surface area contributed by atoms with Crippen LogP contribution >= 0.6 is 0 Å². The minimum Gasteiger partial charge on any atom is -0.489 e. The van der Waals surface area contributed by atoms with E-state index in [-0.39, 0.29) is 6.10 Å². The van der Waals surface area contributed by atoms with E-state index in [1.165, 1.54) is 6.07 Å². The largest absolute Gasteiger partial charge is 0.489 e. The monoisotopic (exact) mass is 226 g/mol. The van der Waals surface area contributed by atoms with Crippen LogP contribution in [0.4, 0.5) is 10.1 Å². The van der Waals surface area contributed by atoms with Crippen LogP contribution in [0.1, 0.15) is 6.42 Å². The maximum absolute atomic E-state index is 13.2. The van der Waals surface area contributed by atoms with Crippen molar-refractivity contribution in [2.45, 2.75) is 12.5 Å². The fraction of sp³-hybridized carbons (Fsp3) is 0.400. The van der Waals surface area contributed by atoms with E-state index in [0.717, 1.165) is 31.6 Å². The van der Waals surface area contributed by atoms with E-state index < -0.39 is 16.4 Å². The van der Waals surface area contributed by atoms with Gasteiger partial charge in [0.1, 0.15) is 11.9 Å². The molecule has 6 heteroatoms. The minimum absolute atomic E-state index is 0.0147. The first-order chi connectivity index (χ1) is 7.66. The fourth-order valence-corrected chi connectivity index (χ4v) is 1.63. The van der Waals surface area contributed by atoms with Gasteiger partial charge in [0.05, 0.1) is 4.92 Å². The van der Waals surface area contributed by atoms with Crippen molar-refractivity contribution in [2.75, 3.05) is 13.1 Å². The molecule has 0 saturated carbocycles. The molecule has 86 valence electrons. The summed E-state index contributed by atoms with van der Waals surface area (Å²) in [6.45, 7) is 1.60. The van der Waals surface area contributed by atoms with Gasteiger partial charge in [0, 0.05) is 18.7 Å². The topological polar surface area (TPSA) is 64.4 Å². The number of hydrogen-bond donors (Lipinski definition) is 1. The molecule has 1 heterocycles. The first-order valence-electron chi connectivity index (χ1n) is 4.98. The predicted molar refractivity (Wildman–Crippen MR) is 55.0 cm³/mol. The molecule has 1 aromatic carbocycles. The molecule has 5 nitrogen and oxygen atoms in total. The summed E-state index contributed by atoms with van der Waals surface area (Å²) < 4.78 is 18.7. The lowest BCUT2D eigenvalue weighted by atomic mass is 10.2. The Morgan fingerprint density at radius 1 is 1.56 bits per heavy atom. The van der Waals surface area contributed by atoms with E-state index in [1.54, 1.807) is 0 Å². The van der Waals surface area contributed by atoms with Crippen molar-refractivity contribution in [3.05, 3.63) is 34.1 Å². The zero-order valence-electron chi connectivity index (χ0n) is 8.48. The lowest BCUT2D eigenvalue weighted by Crippen LogP contribution is -2.19. The Balaban J connectivity index is 2.11. The van der Waals surface area contributed by atoms with Gasteiger partial charge in [-0.05, 0) is 19.0 Å². The summed E-state index contributed by atoms with van der Waals surface area (Å²) >= 11 is 0. The molecule has 2 rings (SSSR count). The second-order valence-corrected chi connectivity index (χ2v) is 3.60. The summed E-state index contributed by atoms with van der Waals surface area (Å²) in [6.07, 6.45) is 0.874. The number of nitrogens with one attached hydrogen (secondary N) is 1. The van der Waals surface area contributed by atoms with Crippen LogP contribution in [0.5, 0.6) is 5.75 Å². The zero-order valence-corrected chi connectivity index (χ0v) is 8.48. The molecule has 0 spiro atoms. The van der Waals surface area contributed by atoms with Crippen molar-refractivity contribution in [1.82, 2.24) is 5.32 Å². The molecule has 1 N–H and O–H groups in total. The molecule has 1 fully saturated rings. The average Bonchev–Trinajstić information content (AvgIpc) is 2.70. The SMILES string of the molecule is O=[N+]([O-])c1ccc(O[C@H]2CCNC2)cc1F. The van der Waals surface area contributed by atoms with E-state index in [2.05, 4.69) is 5.32 Å². The number of nitro groups is 1. The minimum atomic E-state index is -0.867. The van der Waals surface area contributed by atoms with Gasteiger partial charge in [-0.1, -0.05) is 0 Å². The van der Waals surface area contributed by atoms with Gasteiger partial charge in [-0.25, -0.2) is 0 Å². The third-order valence-electron chi connectivity index (χ3n) is 2.43. The van der Waals surface area contributed by atoms with Crippen molar-refractivity contribution in [3.63, 3.8) is 0 Å². The number of hydrogen-bond acceptors (Lipinski definition) is 4. The summed E-state index contributed by atoms with van der Waals surface area (Å²) in [7, 11) is 0. The lowest BCUT2D eigenvalue weighted by molar-refractivity contribution is -0.387. The molecule has 0 aromatic heterocycles. The van der Waals surface area contributed by atoms with Gasteiger partial charge in [-0.15, -0.1) is 0 Å². The summed E-state index contributed by atoms with van der Waals surface area (Å²) in [5.41, 5.74) is -0.531. The zero-order chi connectivity index (χ0) is 11.5. The summed E-state index contributed by atoms with van der Waals surface area (Å²) in [6, 6.07) is 3.59. The van der Waals surface area contributed by atoms with Gasteiger partial charge in [-0.2, -0.15) is 4.39 Å². The molecule has 0 bridgehead atoms. The predicted octanol–water partition coefficient (Wildman–Crippen LogP) is 1.47. The third kappa shape index (κ3) is 2.27. The number of nitrogens with zero attached hydrogens (tertiary/aromatic N) is 1. The Morgan fingerprint density at radius 2 is 2.38 bits per heavy atom. The van der Waals surface area contributed by atoms with Crippen molar-refractivity contribution < 1.29 is 14.1 Å². The number of rotatable bonds is 3. The van der Waals surface area contributed by atoms with Crippen molar-refractivity contribution in [2.24, 2.45) is 0 Å². The van der Waals surface area contributed by atoms with Crippen LogP contribution in [0.25, 0.3) is 0 Å². The molecule has 1 saturated heterocycles. The molecule has 1 atom stereocenters. The molecule has 1 aliphatic rings. The van der Waals surface area contributed by atoms with Gasteiger partial charge in [0.25, 0.3) is 0 Å². The van der Waals surface area contributed by atoms with Crippen molar-refractivity contribution in [1.29, 1.82) is 0 Å². The molecule has 1 aliphatic heterocycles. The van der Waals surface area contributed by atoms with Gasteiger partial charge < -0.3 is 10.1 Å². The first-order valence-corrected chi connectivity index (χ1v) is 4.98. The molecule has 0 amide bonds. The van der Waals surface area contributed by atoms with E-state index in [9.17, 15) is 14.5 Å². The Morgan fingerprint density at radius 3 is 2.94 bits per heavy atom. The molecule has 0 aliphatic carbocycles. The van der Waals surface area contributed by atoms with E-state index in [4.69, 9.17) is 4.74 Å². The van der Waals surface area contributed by atoms with Crippen LogP contribution in [0.2, 0.25) is 0 Å². The number of halogens is 1. The van der Waals surface area contributed by atoms with Gasteiger partial charge in [0.15, 0.2) is 0 Å². The normalized spacial score (nSPS) is 19.7. The second kappa shape index (κ2) is 4.44. The first kappa shape index (κ1) is 10.8. The molecular weight excluding hydrogens is 215 g/mol. The maximum atomic E-state index is 13.2. The van der Waals surface area contributed by atoms with Gasteiger partial charge in [0.2, 0.25) is 5.82 Å². The highest BCUT2D eigenvalue weighted by Crippen LogP contribution is 2.23. The smallest absolute Gasteiger partial charge is 0.305 e. The molecular formula is C10H11FN2O3. The summed E-state index contributed by atoms with van der Waals surface area (Å²) in [5.74, 6) is -0.537.